The molecule has 2 amide bonds. The van der Waals surface area contributed by atoms with E-state index in [1.54, 1.807) is 23.9 Å². The first kappa shape index (κ1) is 18.7. The molecule has 0 heterocycles. The Morgan fingerprint density at radius 2 is 1.60 bits per heavy atom. The highest BCUT2D eigenvalue weighted by atomic mass is 16.2. The number of para-hydroxylation sites is 1. The summed E-state index contributed by atoms with van der Waals surface area (Å²) in [6.07, 6.45) is 0. The van der Waals surface area contributed by atoms with Crippen LogP contribution in [0.25, 0.3) is 0 Å². The van der Waals surface area contributed by atoms with Gasteiger partial charge >= 0.3 is 0 Å². The molecule has 0 aliphatic heterocycles. The van der Waals surface area contributed by atoms with E-state index in [2.05, 4.69) is 5.32 Å². The van der Waals surface area contributed by atoms with Crippen LogP contribution in [-0.2, 0) is 9.59 Å². The van der Waals surface area contributed by atoms with E-state index in [0.717, 1.165) is 22.5 Å². The van der Waals surface area contributed by atoms with E-state index >= 15 is 0 Å². The van der Waals surface area contributed by atoms with Crippen LogP contribution >= 0.6 is 0 Å². The standard InChI is InChI=1S/C20H25N3O2/c1-15-9-8-12-18(16(15)2)21-19(24)13-22(3)14-20(25)23(4)17-10-6-5-7-11-17/h5-12H,13-14H2,1-4H3,(H,21,24). The number of likely N-dealkylation sites (N-methyl/N-ethyl adjacent to an activating group) is 2. The van der Waals surface area contributed by atoms with Crippen molar-refractivity contribution >= 4 is 23.2 Å². The molecule has 0 spiro atoms. The first-order valence-electron chi connectivity index (χ1n) is 8.24. The van der Waals surface area contributed by atoms with Gasteiger partial charge in [-0.15, -0.1) is 0 Å². The zero-order chi connectivity index (χ0) is 18.4. The second kappa shape index (κ2) is 8.44. The van der Waals surface area contributed by atoms with Crippen LogP contribution in [0.4, 0.5) is 11.4 Å². The number of nitrogens with one attached hydrogen (secondary N) is 1. The minimum atomic E-state index is -0.133. The lowest BCUT2D eigenvalue weighted by atomic mass is 10.1. The third-order valence-electron chi connectivity index (χ3n) is 4.22. The summed E-state index contributed by atoms with van der Waals surface area (Å²) in [5.74, 6) is -0.195. The number of carbonyl (C=O) groups excluding carboxylic acids is 2. The fourth-order valence-electron chi connectivity index (χ4n) is 2.51. The maximum Gasteiger partial charge on any atom is 0.240 e. The molecule has 0 aliphatic carbocycles. The number of nitrogens with zero attached hydrogens (tertiary/aromatic N) is 2. The van der Waals surface area contributed by atoms with E-state index in [0.29, 0.717) is 0 Å². The van der Waals surface area contributed by atoms with Gasteiger partial charge in [0.1, 0.15) is 0 Å². The molecular formula is C20H25N3O2. The molecule has 0 saturated carbocycles. The van der Waals surface area contributed by atoms with Crippen molar-refractivity contribution in [3.63, 3.8) is 0 Å². The van der Waals surface area contributed by atoms with Gasteiger partial charge in [0.05, 0.1) is 13.1 Å². The van der Waals surface area contributed by atoms with Crippen molar-refractivity contribution in [2.45, 2.75) is 13.8 Å². The minimum absolute atomic E-state index is 0.0618. The van der Waals surface area contributed by atoms with Crippen molar-refractivity contribution in [3.8, 4) is 0 Å². The monoisotopic (exact) mass is 339 g/mol. The third-order valence-corrected chi connectivity index (χ3v) is 4.22. The topological polar surface area (TPSA) is 52.7 Å². The van der Waals surface area contributed by atoms with E-state index in [-0.39, 0.29) is 24.9 Å². The van der Waals surface area contributed by atoms with E-state index in [1.165, 1.54) is 0 Å². The summed E-state index contributed by atoms with van der Waals surface area (Å²) in [7, 11) is 3.50. The maximum atomic E-state index is 12.3. The summed E-state index contributed by atoms with van der Waals surface area (Å²) in [6, 6.07) is 15.3. The van der Waals surface area contributed by atoms with Crippen molar-refractivity contribution in [1.29, 1.82) is 0 Å². The van der Waals surface area contributed by atoms with Gasteiger partial charge in [0.2, 0.25) is 11.8 Å². The Morgan fingerprint density at radius 3 is 2.28 bits per heavy atom. The molecule has 2 aromatic carbocycles. The lowest BCUT2D eigenvalue weighted by Gasteiger charge is -2.22. The van der Waals surface area contributed by atoms with Crippen LogP contribution in [0, 0.1) is 13.8 Å². The average Bonchev–Trinajstić information content (AvgIpc) is 2.58. The number of anilines is 2. The molecule has 0 fully saturated rings. The third kappa shape index (κ3) is 5.16. The average molecular weight is 339 g/mol. The van der Waals surface area contributed by atoms with Gasteiger partial charge in [-0.25, -0.2) is 0 Å². The van der Waals surface area contributed by atoms with Crippen LogP contribution in [-0.4, -0.2) is 43.9 Å². The highest BCUT2D eigenvalue weighted by molar-refractivity contribution is 5.96. The molecule has 0 saturated heterocycles. The molecule has 0 radical (unpaired) electrons. The quantitative estimate of drug-likeness (QED) is 0.880. The van der Waals surface area contributed by atoms with Crippen molar-refractivity contribution in [1.82, 2.24) is 4.90 Å². The summed E-state index contributed by atoms with van der Waals surface area (Å²) in [5, 5.41) is 2.91. The Bertz CT molecular complexity index is 744. The second-order valence-electron chi connectivity index (χ2n) is 6.26. The second-order valence-corrected chi connectivity index (χ2v) is 6.26. The Kier molecular flexibility index (Phi) is 6.31. The first-order valence-corrected chi connectivity index (χ1v) is 8.24. The van der Waals surface area contributed by atoms with Crippen LogP contribution < -0.4 is 10.2 Å². The summed E-state index contributed by atoms with van der Waals surface area (Å²) in [4.78, 5) is 27.9. The zero-order valence-electron chi connectivity index (χ0n) is 15.2. The summed E-state index contributed by atoms with van der Waals surface area (Å²) in [5.41, 5.74) is 3.83. The van der Waals surface area contributed by atoms with Gasteiger partial charge in [0, 0.05) is 18.4 Å². The Balaban J connectivity index is 1.89. The molecule has 5 heteroatoms. The molecule has 0 aromatic heterocycles. The number of amides is 2. The number of hydrogen-bond acceptors (Lipinski definition) is 3. The lowest BCUT2D eigenvalue weighted by Crippen LogP contribution is -2.40. The van der Waals surface area contributed by atoms with Gasteiger partial charge in [0.25, 0.3) is 0 Å². The Hall–Kier alpha value is -2.66. The zero-order valence-corrected chi connectivity index (χ0v) is 15.2. The van der Waals surface area contributed by atoms with E-state index in [9.17, 15) is 9.59 Å². The molecular weight excluding hydrogens is 314 g/mol. The highest BCUT2D eigenvalue weighted by Crippen LogP contribution is 2.17. The molecule has 132 valence electrons. The van der Waals surface area contributed by atoms with Crippen LogP contribution in [0.1, 0.15) is 11.1 Å². The fourth-order valence-corrected chi connectivity index (χ4v) is 2.51. The van der Waals surface area contributed by atoms with Gasteiger partial charge in [-0.05, 0) is 50.2 Å². The maximum absolute atomic E-state index is 12.3. The van der Waals surface area contributed by atoms with E-state index < -0.39 is 0 Å². The van der Waals surface area contributed by atoms with Crippen molar-refractivity contribution in [3.05, 3.63) is 59.7 Å². The van der Waals surface area contributed by atoms with E-state index in [4.69, 9.17) is 0 Å². The van der Waals surface area contributed by atoms with Crippen molar-refractivity contribution < 1.29 is 9.59 Å². The van der Waals surface area contributed by atoms with Crippen LogP contribution in [0.15, 0.2) is 48.5 Å². The molecule has 1 N–H and O–H groups in total. The number of rotatable bonds is 6. The van der Waals surface area contributed by atoms with Crippen LogP contribution in [0.2, 0.25) is 0 Å². The van der Waals surface area contributed by atoms with Crippen molar-refractivity contribution in [2.24, 2.45) is 0 Å². The fraction of sp³-hybridized carbons (Fsp3) is 0.300. The molecule has 25 heavy (non-hydrogen) atoms. The molecule has 2 aromatic rings. The predicted octanol–water partition coefficient (Wildman–Crippen LogP) is 2.84. The van der Waals surface area contributed by atoms with Crippen molar-refractivity contribution in [2.75, 3.05) is 37.4 Å². The van der Waals surface area contributed by atoms with Gasteiger partial charge in [-0.3, -0.25) is 14.5 Å². The predicted molar refractivity (Wildman–Crippen MR) is 102 cm³/mol. The number of aryl methyl sites for hydroxylation is 1. The summed E-state index contributed by atoms with van der Waals surface area (Å²) in [6.45, 7) is 4.32. The molecule has 0 aliphatic rings. The highest BCUT2D eigenvalue weighted by Gasteiger charge is 2.15. The lowest BCUT2D eigenvalue weighted by molar-refractivity contribution is -0.120. The van der Waals surface area contributed by atoms with Gasteiger partial charge in [-0.2, -0.15) is 0 Å². The summed E-state index contributed by atoms with van der Waals surface area (Å²) < 4.78 is 0. The molecule has 2 rings (SSSR count). The Labute approximate surface area is 149 Å². The van der Waals surface area contributed by atoms with E-state index in [1.807, 2.05) is 62.4 Å². The van der Waals surface area contributed by atoms with Crippen LogP contribution in [0.5, 0.6) is 0 Å². The Morgan fingerprint density at radius 1 is 0.920 bits per heavy atom. The first-order chi connectivity index (χ1) is 11.9. The number of hydrogen-bond donors (Lipinski definition) is 1. The van der Waals surface area contributed by atoms with Crippen LogP contribution in [0.3, 0.4) is 0 Å². The SMILES string of the molecule is Cc1cccc(NC(=O)CN(C)CC(=O)N(C)c2ccccc2)c1C. The molecule has 0 unspecified atom stereocenters. The van der Waals surface area contributed by atoms with Gasteiger partial charge < -0.3 is 10.2 Å². The molecule has 0 atom stereocenters. The normalized spacial score (nSPS) is 10.6. The van der Waals surface area contributed by atoms with Gasteiger partial charge in [-0.1, -0.05) is 30.3 Å². The number of benzene rings is 2. The smallest absolute Gasteiger partial charge is 0.240 e. The largest absolute Gasteiger partial charge is 0.325 e. The molecule has 5 nitrogen and oxygen atoms in total. The summed E-state index contributed by atoms with van der Waals surface area (Å²) >= 11 is 0. The minimum Gasteiger partial charge on any atom is -0.325 e. The number of carbonyl (C=O) groups is 2. The molecule has 0 bridgehead atoms. The van der Waals surface area contributed by atoms with Gasteiger partial charge in [0.15, 0.2) is 0 Å².